The Labute approximate surface area is 115 Å². The number of rotatable bonds is 1. The Morgan fingerprint density at radius 2 is 2.05 bits per heavy atom. The molecule has 0 N–H and O–H groups in total. The van der Waals surface area contributed by atoms with E-state index in [-0.39, 0.29) is 17.8 Å². The Bertz CT molecular complexity index is 604. The van der Waals surface area contributed by atoms with E-state index in [9.17, 15) is 4.79 Å². The summed E-state index contributed by atoms with van der Waals surface area (Å²) in [7, 11) is 0. The van der Waals surface area contributed by atoms with Crippen LogP contribution in [0.2, 0.25) is 0 Å². The normalized spacial score (nSPS) is 37.7. The Morgan fingerprint density at radius 1 is 1.32 bits per heavy atom. The van der Waals surface area contributed by atoms with E-state index in [1.54, 1.807) is 6.20 Å². The van der Waals surface area contributed by atoms with Crippen molar-refractivity contribution in [1.29, 1.82) is 0 Å². The summed E-state index contributed by atoms with van der Waals surface area (Å²) in [5.74, 6) is 1.36. The maximum atomic E-state index is 12.1. The number of ether oxygens (including phenoxy) is 1. The molecule has 2 unspecified atom stereocenters. The standard InChI is InChI=1S/C14H14N2O2S/c1-7-6-15-14(19-7)16-12-10-8-2-4-9(5-3-8)11(10)13(17)18-12/h2,4,6,8-11H,3,5H2,1H3/b16-12-/t8-,9+,10?,11?/m1/s1. The number of aromatic nitrogens is 1. The lowest BCUT2D eigenvalue weighted by Gasteiger charge is -2.37. The zero-order valence-electron chi connectivity index (χ0n) is 10.6. The predicted molar refractivity (Wildman–Crippen MR) is 72.4 cm³/mol. The predicted octanol–water partition coefficient (Wildman–Crippen LogP) is 2.87. The maximum Gasteiger partial charge on any atom is 0.316 e. The minimum atomic E-state index is -0.101. The van der Waals surface area contributed by atoms with Crippen LogP contribution in [0.4, 0.5) is 5.13 Å². The summed E-state index contributed by atoms with van der Waals surface area (Å²) in [6, 6.07) is 0. The van der Waals surface area contributed by atoms with Crippen molar-refractivity contribution in [2.75, 3.05) is 0 Å². The third kappa shape index (κ3) is 1.68. The third-order valence-electron chi connectivity index (χ3n) is 4.33. The molecule has 1 aromatic rings. The summed E-state index contributed by atoms with van der Waals surface area (Å²) in [4.78, 5) is 21.9. The van der Waals surface area contributed by atoms with Crippen LogP contribution in [0, 0.1) is 30.6 Å². The fourth-order valence-electron chi connectivity index (χ4n) is 3.48. The Balaban J connectivity index is 1.73. The van der Waals surface area contributed by atoms with Gasteiger partial charge in [0.2, 0.25) is 11.0 Å². The summed E-state index contributed by atoms with van der Waals surface area (Å²) in [6.07, 6.45) is 8.45. The molecule has 5 heteroatoms. The molecule has 3 aliphatic carbocycles. The van der Waals surface area contributed by atoms with Crippen molar-refractivity contribution in [3.63, 3.8) is 0 Å². The van der Waals surface area contributed by atoms with Crippen molar-refractivity contribution >= 4 is 28.3 Å². The molecule has 19 heavy (non-hydrogen) atoms. The molecule has 1 saturated carbocycles. The molecule has 0 aromatic carbocycles. The summed E-state index contributed by atoms with van der Waals surface area (Å²) in [5.41, 5.74) is 0. The second-order valence-corrected chi connectivity index (χ2v) is 6.68. The molecule has 2 fully saturated rings. The molecule has 2 heterocycles. The number of carbonyl (C=O) groups is 1. The number of cyclic esters (lactones) is 1. The number of fused-ring (bicyclic) bond motifs is 1. The summed E-state index contributed by atoms with van der Waals surface area (Å²) >= 11 is 1.53. The molecule has 5 rings (SSSR count). The first kappa shape index (κ1) is 11.3. The number of hydrogen-bond donors (Lipinski definition) is 0. The first-order valence-electron chi connectivity index (χ1n) is 6.63. The maximum absolute atomic E-state index is 12.1. The van der Waals surface area contributed by atoms with Crippen molar-refractivity contribution < 1.29 is 9.53 Å². The largest absolute Gasteiger partial charge is 0.411 e. The lowest BCUT2D eigenvalue weighted by molar-refractivity contribution is -0.139. The van der Waals surface area contributed by atoms with Gasteiger partial charge in [-0.1, -0.05) is 12.2 Å². The van der Waals surface area contributed by atoms with Gasteiger partial charge in [-0.2, -0.15) is 4.99 Å². The number of nitrogens with zero attached hydrogens (tertiary/aromatic N) is 2. The van der Waals surface area contributed by atoms with E-state index in [2.05, 4.69) is 22.1 Å². The zero-order chi connectivity index (χ0) is 13.0. The van der Waals surface area contributed by atoms with Crippen LogP contribution in [0.25, 0.3) is 0 Å². The topological polar surface area (TPSA) is 51.6 Å². The number of carbonyl (C=O) groups excluding carboxylic acids is 1. The summed E-state index contributed by atoms with van der Waals surface area (Å²) in [6.45, 7) is 2.00. The van der Waals surface area contributed by atoms with Gasteiger partial charge < -0.3 is 4.74 Å². The molecule has 4 nitrogen and oxygen atoms in total. The number of thiazole rings is 1. The van der Waals surface area contributed by atoms with Gasteiger partial charge in [0.15, 0.2) is 0 Å². The molecule has 4 atom stereocenters. The summed E-state index contributed by atoms with van der Waals surface area (Å²) < 4.78 is 5.44. The van der Waals surface area contributed by atoms with Gasteiger partial charge >= 0.3 is 5.97 Å². The molecule has 0 spiro atoms. The van der Waals surface area contributed by atoms with Gasteiger partial charge in [0.1, 0.15) is 0 Å². The van der Waals surface area contributed by atoms with Gasteiger partial charge in [-0.15, -0.1) is 11.3 Å². The molecule has 0 amide bonds. The lowest BCUT2D eigenvalue weighted by Crippen LogP contribution is -2.38. The van der Waals surface area contributed by atoms with Gasteiger partial charge in [0.25, 0.3) is 0 Å². The van der Waals surface area contributed by atoms with E-state index in [0.717, 1.165) is 17.7 Å². The molecule has 1 saturated heterocycles. The van der Waals surface area contributed by atoms with Crippen LogP contribution in [0.3, 0.4) is 0 Å². The van der Waals surface area contributed by atoms with Crippen LogP contribution >= 0.6 is 11.3 Å². The highest BCUT2D eigenvalue weighted by atomic mass is 32.1. The van der Waals surface area contributed by atoms with Crippen LogP contribution in [0.5, 0.6) is 0 Å². The summed E-state index contributed by atoms with van der Waals surface area (Å²) in [5, 5.41) is 0.686. The second-order valence-electron chi connectivity index (χ2n) is 5.47. The van der Waals surface area contributed by atoms with Crippen molar-refractivity contribution in [2.45, 2.75) is 19.8 Å². The number of aliphatic imine (C=N–C) groups is 1. The van der Waals surface area contributed by atoms with Crippen molar-refractivity contribution in [2.24, 2.45) is 28.7 Å². The lowest BCUT2D eigenvalue weighted by atomic mass is 9.63. The Kier molecular flexibility index (Phi) is 2.39. The van der Waals surface area contributed by atoms with E-state index in [4.69, 9.17) is 4.74 Å². The molecule has 1 aromatic heterocycles. The SMILES string of the molecule is Cc1cnc(/N=C2\OC(=O)C3C2[C@@H]2C=C[C@H]3CC2)s1. The smallest absolute Gasteiger partial charge is 0.316 e. The van der Waals surface area contributed by atoms with Gasteiger partial charge in [0, 0.05) is 11.1 Å². The third-order valence-corrected chi connectivity index (χ3v) is 5.13. The van der Waals surface area contributed by atoms with Gasteiger partial charge in [0.05, 0.1) is 11.8 Å². The van der Waals surface area contributed by atoms with Crippen LogP contribution in [-0.2, 0) is 9.53 Å². The molecule has 2 bridgehead atoms. The monoisotopic (exact) mass is 274 g/mol. The average molecular weight is 274 g/mol. The number of allylic oxidation sites excluding steroid dienone is 2. The molecular weight excluding hydrogens is 260 g/mol. The average Bonchev–Trinajstić information content (AvgIpc) is 2.98. The fourth-order valence-corrected chi connectivity index (χ4v) is 4.11. The van der Waals surface area contributed by atoms with E-state index < -0.39 is 0 Å². The highest BCUT2D eigenvalue weighted by molar-refractivity contribution is 7.15. The number of hydrogen-bond acceptors (Lipinski definition) is 5. The number of esters is 1. The van der Waals surface area contributed by atoms with E-state index in [0.29, 0.717) is 22.9 Å². The number of aryl methyl sites for hydroxylation is 1. The van der Waals surface area contributed by atoms with Crippen molar-refractivity contribution in [1.82, 2.24) is 4.98 Å². The minimum Gasteiger partial charge on any atom is -0.411 e. The Hall–Kier alpha value is -1.49. The van der Waals surface area contributed by atoms with Gasteiger partial charge in [-0.05, 0) is 31.6 Å². The first-order chi connectivity index (χ1) is 9.22. The second kappa shape index (κ2) is 4.00. The van der Waals surface area contributed by atoms with Crippen LogP contribution in [-0.4, -0.2) is 16.9 Å². The molecule has 1 aliphatic heterocycles. The first-order valence-corrected chi connectivity index (χ1v) is 7.45. The molecule has 98 valence electrons. The molecule has 0 radical (unpaired) electrons. The highest BCUT2D eigenvalue weighted by Gasteiger charge is 2.53. The minimum absolute atomic E-state index is 0.0106. The van der Waals surface area contributed by atoms with Crippen LogP contribution < -0.4 is 0 Å². The van der Waals surface area contributed by atoms with Crippen molar-refractivity contribution in [3.8, 4) is 0 Å². The quantitative estimate of drug-likeness (QED) is 0.584. The Morgan fingerprint density at radius 3 is 2.68 bits per heavy atom. The van der Waals surface area contributed by atoms with Gasteiger partial charge in [-0.25, -0.2) is 4.98 Å². The van der Waals surface area contributed by atoms with Crippen molar-refractivity contribution in [3.05, 3.63) is 23.2 Å². The van der Waals surface area contributed by atoms with Gasteiger partial charge in [-0.3, -0.25) is 4.79 Å². The van der Waals surface area contributed by atoms with E-state index >= 15 is 0 Å². The molecule has 4 aliphatic rings. The van der Waals surface area contributed by atoms with E-state index in [1.807, 2.05) is 6.92 Å². The van der Waals surface area contributed by atoms with E-state index in [1.165, 1.54) is 11.3 Å². The zero-order valence-corrected chi connectivity index (χ0v) is 11.4. The highest BCUT2D eigenvalue weighted by Crippen LogP contribution is 2.49. The fraction of sp³-hybridized carbons (Fsp3) is 0.500. The van der Waals surface area contributed by atoms with Crippen LogP contribution in [0.15, 0.2) is 23.3 Å². The molecular formula is C14H14N2O2S. The van der Waals surface area contributed by atoms with Crippen LogP contribution in [0.1, 0.15) is 17.7 Å².